The van der Waals surface area contributed by atoms with E-state index in [1.807, 2.05) is 31.3 Å². The number of thiophene rings is 1. The predicted octanol–water partition coefficient (Wildman–Crippen LogP) is 4.12. The van der Waals surface area contributed by atoms with Crippen molar-refractivity contribution in [3.63, 3.8) is 0 Å². The molecule has 1 unspecified atom stereocenters. The Kier molecular flexibility index (Phi) is 8.94. The summed E-state index contributed by atoms with van der Waals surface area (Å²) in [5.74, 6) is 0.723. The van der Waals surface area contributed by atoms with E-state index >= 15 is 0 Å². The SMILES string of the molecule is CCNC(=NCC(O)c1cc2ccccc2s1)NCCc1ncc(C)s1.I. The molecule has 0 saturated heterocycles. The van der Waals surface area contributed by atoms with Gasteiger partial charge in [0.25, 0.3) is 0 Å². The first-order chi connectivity index (χ1) is 12.7. The van der Waals surface area contributed by atoms with Gasteiger partial charge in [0, 0.05) is 40.2 Å². The van der Waals surface area contributed by atoms with Gasteiger partial charge in [-0.3, -0.25) is 4.99 Å². The van der Waals surface area contributed by atoms with Crippen molar-refractivity contribution in [3.05, 3.63) is 51.3 Å². The van der Waals surface area contributed by atoms with Crippen LogP contribution in [0.25, 0.3) is 10.1 Å². The molecule has 3 rings (SSSR count). The maximum Gasteiger partial charge on any atom is 0.191 e. The Bertz CT molecular complexity index is 844. The summed E-state index contributed by atoms with van der Waals surface area (Å²) in [6.07, 6.45) is 2.17. The van der Waals surface area contributed by atoms with E-state index in [2.05, 4.69) is 39.7 Å². The minimum atomic E-state index is -0.593. The molecule has 146 valence electrons. The number of aryl methyl sites for hydroxylation is 1. The molecule has 27 heavy (non-hydrogen) atoms. The van der Waals surface area contributed by atoms with Crippen molar-refractivity contribution in [2.75, 3.05) is 19.6 Å². The number of aromatic nitrogens is 1. The summed E-state index contributed by atoms with van der Waals surface area (Å²) in [5, 5.41) is 19.3. The second-order valence-corrected chi connectivity index (χ2v) is 8.40. The summed E-state index contributed by atoms with van der Waals surface area (Å²) in [4.78, 5) is 11.1. The largest absolute Gasteiger partial charge is 0.386 e. The number of benzene rings is 1. The van der Waals surface area contributed by atoms with Crippen LogP contribution in [0.1, 0.15) is 27.8 Å². The van der Waals surface area contributed by atoms with Crippen LogP contribution in [0.3, 0.4) is 0 Å². The van der Waals surface area contributed by atoms with Crippen molar-refractivity contribution in [2.24, 2.45) is 4.99 Å². The Morgan fingerprint density at radius 1 is 1.26 bits per heavy atom. The summed E-state index contributed by atoms with van der Waals surface area (Å²) in [6.45, 7) is 5.97. The van der Waals surface area contributed by atoms with Gasteiger partial charge in [0.1, 0.15) is 6.10 Å². The number of thiazole rings is 1. The van der Waals surface area contributed by atoms with Gasteiger partial charge in [-0.1, -0.05) is 18.2 Å². The maximum absolute atomic E-state index is 10.5. The monoisotopic (exact) mass is 516 g/mol. The molecule has 0 saturated carbocycles. The fourth-order valence-electron chi connectivity index (χ4n) is 2.58. The highest BCUT2D eigenvalue weighted by molar-refractivity contribution is 14.0. The summed E-state index contributed by atoms with van der Waals surface area (Å²) in [5.41, 5.74) is 0. The van der Waals surface area contributed by atoms with Crippen LogP contribution in [-0.2, 0) is 6.42 Å². The number of aliphatic hydroxyl groups excluding tert-OH is 1. The van der Waals surface area contributed by atoms with Crippen LogP contribution in [0, 0.1) is 6.92 Å². The molecule has 0 bridgehead atoms. The number of hydrogen-bond donors (Lipinski definition) is 3. The van der Waals surface area contributed by atoms with E-state index in [4.69, 9.17) is 0 Å². The van der Waals surface area contributed by atoms with E-state index in [1.54, 1.807) is 22.7 Å². The molecular formula is C19H25IN4OS2. The Labute approximate surface area is 185 Å². The van der Waals surface area contributed by atoms with E-state index in [1.165, 1.54) is 15.0 Å². The molecule has 0 aliphatic heterocycles. The predicted molar refractivity (Wildman–Crippen MR) is 127 cm³/mol. The first-order valence-electron chi connectivity index (χ1n) is 8.75. The minimum Gasteiger partial charge on any atom is -0.386 e. The first kappa shape index (κ1) is 22.1. The number of aliphatic imine (C=N–C) groups is 1. The Morgan fingerprint density at radius 3 is 2.78 bits per heavy atom. The zero-order chi connectivity index (χ0) is 18.4. The molecule has 3 aromatic rings. The smallest absolute Gasteiger partial charge is 0.191 e. The van der Waals surface area contributed by atoms with E-state index in [-0.39, 0.29) is 24.0 Å². The summed E-state index contributed by atoms with van der Waals surface area (Å²) in [7, 11) is 0. The van der Waals surface area contributed by atoms with Crippen LogP contribution >= 0.6 is 46.7 Å². The normalized spacial score (nSPS) is 12.6. The molecule has 2 heterocycles. The third kappa shape index (κ3) is 6.41. The van der Waals surface area contributed by atoms with Crippen molar-refractivity contribution < 1.29 is 5.11 Å². The molecule has 2 aromatic heterocycles. The molecule has 0 aliphatic carbocycles. The van der Waals surface area contributed by atoms with Crippen LogP contribution < -0.4 is 10.6 Å². The van der Waals surface area contributed by atoms with Gasteiger partial charge in [-0.05, 0) is 31.4 Å². The number of rotatable bonds is 7. The Morgan fingerprint density at radius 2 is 2.07 bits per heavy atom. The second kappa shape index (κ2) is 10.9. The minimum absolute atomic E-state index is 0. The lowest BCUT2D eigenvalue weighted by molar-refractivity contribution is 0.191. The fraction of sp³-hybridized carbons (Fsp3) is 0.368. The summed E-state index contributed by atoms with van der Waals surface area (Å²) in [6, 6.07) is 10.2. The van der Waals surface area contributed by atoms with Crippen LogP contribution in [0.15, 0.2) is 41.5 Å². The van der Waals surface area contributed by atoms with Crippen molar-refractivity contribution in [3.8, 4) is 0 Å². The first-order valence-corrected chi connectivity index (χ1v) is 10.4. The molecule has 0 radical (unpaired) electrons. The third-order valence-electron chi connectivity index (χ3n) is 3.84. The number of nitrogens with one attached hydrogen (secondary N) is 2. The van der Waals surface area contributed by atoms with Crippen LogP contribution in [0.4, 0.5) is 0 Å². The number of nitrogens with zero attached hydrogens (tertiary/aromatic N) is 2. The summed E-state index contributed by atoms with van der Waals surface area (Å²) >= 11 is 3.34. The van der Waals surface area contributed by atoms with Gasteiger partial charge in [0.2, 0.25) is 0 Å². The highest BCUT2D eigenvalue weighted by Crippen LogP contribution is 2.29. The topological polar surface area (TPSA) is 69.5 Å². The van der Waals surface area contributed by atoms with E-state index < -0.39 is 6.10 Å². The zero-order valence-electron chi connectivity index (χ0n) is 15.4. The number of fused-ring (bicyclic) bond motifs is 1. The van der Waals surface area contributed by atoms with E-state index in [9.17, 15) is 5.11 Å². The van der Waals surface area contributed by atoms with Gasteiger partial charge in [0.05, 0.1) is 11.6 Å². The molecule has 3 N–H and O–H groups in total. The molecular weight excluding hydrogens is 491 g/mol. The van der Waals surface area contributed by atoms with Crippen LogP contribution in [0.2, 0.25) is 0 Å². The lowest BCUT2D eigenvalue weighted by Crippen LogP contribution is -2.38. The van der Waals surface area contributed by atoms with Gasteiger partial charge >= 0.3 is 0 Å². The number of hydrogen-bond acceptors (Lipinski definition) is 5. The van der Waals surface area contributed by atoms with E-state index in [0.29, 0.717) is 6.54 Å². The maximum atomic E-state index is 10.5. The average molecular weight is 516 g/mol. The molecule has 5 nitrogen and oxygen atoms in total. The average Bonchev–Trinajstić information content (AvgIpc) is 3.25. The zero-order valence-corrected chi connectivity index (χ0v) is 19.4. The molecule has 0 amide bonds. The van der Waals surface area contributed by atoms with Crippen molar-refractivity contribution >= 4 is 62.7 Å². The molecule has 0 spiro atoms. The lowest BCUT2D eigenvalue weighted by Gasteiger charge is -2.12. The van der Waals surface area contributed by atoms with Crippen LogP contribution in [0.5, 0.6) is 0 Å². The quantitative estimate of drug-likeness (QED) is 0.251. The Hall–Kier alpha value is -1.23. The third-order valence-corrected chi connectivity index (χ3v) is 6.03. The standard InChI is InChI=1S/C19H24N4OS2.HI/c1-3-20-19(21-9-8-18-22-11-13(2)25-18)23-12-15(24)17-10-14-6-4-5-7-16(14)26-17;/h4-7,10-11,15,24H,3,8-9,12H2,1-2H3,(H2,20,21,23);1H. The lowest BCUT2D eigenvalue weighted by atomic mass is 10.2. The molecule has 1 aromatic carbocycles. The highest BCUT2D eigenvalue weighted by atomic mass is 127. The van der Waals surface area contributed by atoms with Crippen LogP contribution in [-0.4, -0.2) is 35.7 Å². The van der Waals surface area contributed by atoms with Crippen molar-refractivity contribution in [1.29, 1.82) is 0 Å². The number of halogens is 1. The van der Waals surface area contributed by atoms with Crippen molar-refractivity contribution in [1.82, 2.24) is 15.6 Å². The molecule has 8 heteroatoms. The molecule has 0 fully saturated rings. The van der Waals surface area contributed by atoms with Gasteiger partial charge in [-0.15, -0.1) is 46.7 Å². The molecule has 1 atom stereocenters. The van der Waals surface area contributed by atoms with Gasteiger partial charge < -0.3 is 15.7 Å². The van der Waals surface area contributed by atoms with E-state index in [0.717, 1.165) is 35.4 Å². The van der Waals surface area contributed by atoms with Crippen molar-refractivity contribution in [2.45, 2.75) is 26.4 Å². The summed E-state index contributed by atoms with van der Waals surface area (Å²) < 4.78 is 1.19. The van der Waals surface area contributed by atoms with Gasteiger partial charge in [-0.25, -0.2) is 4.98 Å². The molecule has 0 aliphatic rings. The number of aliphatic hydroxyl groups is 1. The van der Waals surface area contributed by atoms with Gasteiger partial charge in [0.15, 0.2) is 5.96 Å². The second-order valence-electron chi connectivity index (χ2n) is 5.96. The van der Waals surface area contributed by atoms with Gasteiger partial charge in [-0.2, -0.15) is 0 Å². The number of guanidine groups is 1. The fourth-order valence-corrected chi connectivity index (χ4v) is 4.41. The Balaban J connectivity index is 0.00000261. The highest BCUT2D eigenvalue weighted by Gasteiger charge is 2.11.